The van der Waals surface area contributed by atoms with Gasteiger partial charge in [0.15, 0.2) is 0 Å². The predicted octanol–water partition coefficient (Wildman–Crippen LogP) is 2.32. The van der Waals surface area contributed by atoms with Crippen molar-refractivity contribution in [3.63, 3.8) is 0 Å². The molecule has 2 N–H and O–H groups in total. The fraction of sp³-hybridized carbons (Fsp3) is 0.364. The van der Waals surface area contributed by atoms with Gasteiger partial charge in [-0.3, -0.25) is 14.5 Å². The fourth-order valence-corrected chi connectivity index (χ4v) is 6.70. The van der Waals surface area contributed by atoms with Crippen LogP contribution in [-0.4, -0.2) is 52.0 Å². The van der Waals surface area contributed by atoms with Crippen molar-refractivity contribution in [2.24, 2.45) is 4.99 Å². The van der Waals surface area contributed by atoms with Crippen molar-refractivity contribution in [1.29, 1.82) is 0 Å². The smallest absolute Gasteiger partial charge is 0.263 e. The number of amidine groups is 1. The van der Waals surface area contributed by atoms with E-state index in [0.717, 1.165) is 25.7 Å². The number of hydrogen-bond donors (Lipinski definition) is 2. The summed E-state index contributed by atoms with van der Waals surface area (Å²) >= 11 is 0. The number of carbonyl (C=O) groups excluding carboxylic acids is 1. The van der Waals surface area contributed by atoms with Gasteiger partial charge in [0.1, 0.15) is 11.9 Å². The van der Waals surface area contributed by atoms with Crippen molar-refractivity contribution >= 4 is 37.5 Å². The summed E-state index contributed by atoms with van der Waals surface area (Å²) in [4.78, 5) is 17.2. The molecule has 1 fully saturated rings. The lowest BCUT2D eigenvalue weighted by atomic mass is 10.2. The number of anilines is 1. The first-order valence-corrected chi connectivity index (χ1v) is 13.7. The third-order valence-corrected chi connectivity index (χ3v) is 8.96. The van der Waals surface area contributed by atoms with Crippen molar-refractivity contribution < 1.29 is 21.6 Å². The van der Waals surface area contributed by atoms with E-state index in [1.807, 2.05) is 0 Å². The molecule has 0 spiro atoms. The second-order valence-electron chi connectivity index (χ2n) is 8.09. The van der Waals surface area contributed by atoms with E-state index in [4.69, 9.17) is 0 Å². The second-order valence-corrected chi connectivity index (χ2v) is 11.7. The molecule has 176 valence electrons. The number of benzene rings is 2. The number of sulfonamides is 2. The molecule has 0 unspecified atom stereocenters. The molecule has 1 atom stereocenters. The van der Waals surface area contributed by atoms with E-state index in [1.165, 1.54) is 29.4 Å². The Balaban J connectivity index is 1.51. The number of nitrogens with one attached hydrogen (secondary N) is 2. The molecule has 0 aliphatic carbocycles. The van der Waals surface area contributed by atoms with Gasteiger partial charge in [-0.05, 0) is 50.1 Å². The van der Waals surface area contributed by atoms with Gasteiger partial charge < -0.3 is 5.32 Å². The molecule has 9 nitrogen and oxygen atoms in total. The van der Waals surface area contributed by atoms with Crippen LogP contribution >= 0.6 is 0 Å². The molecule has 2 aliphatic rings. The molecule has 2 aliphatic heterocycles. The average molecular weight is 491 g/mol. The molecule has 2 heterocycles. The van der Waals surface area contributed by atoms with Crippen LogP contribution in [0.3, 0.4) is 0 Å². The lowest BCUT2D eigenvalue weighted by Crippen LogP contribution is -2.32. The summed E-state index contributed by atoms with van der Waals surface area (Å²) in [5, 5.41) is 2.68. The maximum Gasteiger partial charge on any atom is 0.263 e. The summed E-state index contributed by atoms with van der Waals surface area (Å²) in [5.74, 6) is -0.388. The molecular formula is C22H26N4O5S2. The SMILES string of the molecule is C[C@@H](N=C1NS(=O)(=O)c2ccccc21)C(=O)Nc1cccc(S(=O)(=O)N2CCCCCC2)c1. The quantitative estimate of drug-likeness (QED) is 0.665. The van der Waals surface area contributed by atoms with Crippen LogP contribution in [0.4, 0.5) is 5.69 Å². The fourth-order valence-electron chi connectivity index (χ4n) is 3.89. The van der Waals surface area contributed by atoms with E-state index >= 15 is 0 Å². The van der Waals surface area contributed by atoms with Gasteiger partial charge in [0, 0.05) is 24.3 Å². The van der Waals surface area contributed by atoms with Gasteiger partial charge in [-0.25, -0.2) is 16.8 Å². The van der Waals surface area contributed by atoms with Gasteiger partial charge in [0.05, 0.1) is 9.79 Å². The summed E-state index contributed by atoms with van der Waals surface area (Å²) < 4.78 is 54.4. The summed E-state index contributed by atoms with van der Waals surface area (Å²) in [6.45, 7) is 2.52. The Hall–Kier alpha value is -2.76. The normalized spacial score (nSPS) is 20.5. The lowest BCUT2D eigenvalue weighted by Gasteiger charge is -2.20. The number of nitrogens with zero attached hydrogens (tertiary/aromatic N) is 2. The molecule has 0 bridgehead atoms. The summed E-state index contributed by atoms with van der Waals surface area (Å²) in [6.07, 6.45) is 3.70. The molecule has 0 aromatic heterocycles. The Kier molecular flexibility index (Phi) is 6.55. The highest BCUT2D eigenvalue weighted by atomic mass is 32.2. The number of carbonyl (C=O) groups is 1. The standard InChI is InChI=1S/C22H26N4O5S2/c1-16(23-21-19-11-4-5-12-20(19)32(28,29)25-21)22(27)24-17-9-8-10-18(15-17)33(30,31)26-13-6-2-3-7-14-26/h4-5,8-12,15-16H,2-3,6-7,13-14H2,1H3,(H,23,25)(H,24,27)/t16-/m1/s1. The van der Waals surface area contributed by atoms with Gasteiger partial charge in [0.25, 0.3) is 10.0 Å². The van der Waals surface area contributed by atoms with Crippen LogP contribution in [0.15, 0.2) is 63.3 Å². The number of fused-ring (bicyclic) bond motifs is 1. The first-order chi connectivity index (χ1) is 15.7. The topological polar surface area (TPSA) is 125 Å². The molecule has 0 saturated carbocycles. The van der Waals surface area contributed by atoms with Crippen molar-refractivity contribution in [3.8, 4) is 0 Å². The minimum Gasteiger partial charge on any atom is -0.324 e. The maximum absolute atomic E-state index is 13.0. The molecule has 2 aromatic carbocycles. The average Bonchev–Trinajstić information content (AvgIpc) is 2.96. The number of aliphatic imine (C=N–C) groups is 1. The van der Waals surface area contributed by atoms with Gasteiger partial charge in [-0.1, -0.05) is 31.0 Å². The van der Waals surface area contributed by atoms with Crippen LogP contribution < -0.4 is 10.0 Å². The first kappa shape index (κ1) is 23.4. The van der Waals surface area contributed by atoms with Gasteiger partial charge in [-0.15, -0.1) is 0 Å². The van der Waals surface area contributed by atoms with Gasteiger partial charge in [-0.2, -0.15) is 4.31 Å². The molecule has 4 rings (SSSR count). The highest BCUT2D eigenvalue weighted by molar-refractivity contribution is 7.90. The number of hydrogen-bond acceptors (Lipinski definition) is 6. The first-order valence-electron chi connectivity index (χ1n) is 10.8. The van der Waals surface area contributed by atoms with Gasteiger partial charge in [0.2, 0.25) is 15.9 Å². The molecular weight excluding hydrogens is 464 g/mol. The zero-order chi connectivity index (χ0) is 23.6. The molecule has 11 heteroatoms. The zero-order valence-electron chi connectivity index (χ0n) is 18.2. The van der Waals surface area contributed by atoms with Crippen LogP contribution in [0.1, 0.15) is 38.2 Å². The molecule has 0 radical (unpaired) electrons. The molecule has 1 saturated heterocycles. The van der Waals surface area contributed by atoms with Crippen LogP contribution in [0.25, 0.3) is 0 Å². The number of rotatable bonds is 5. The Morgan fingerprint density at radius 2 is 1.76 bits per heavy atom. The van der Waals surface area contributed by atoms with E-state index in [1.54, 1.807) is 30.3 Å². The van der Waals surface area contributed by atoms with E-state index in [0.29, 0.717) is 24.3 Å². The predicted molar refractivity (Wildman–Crippen MR) is 125 cm³/mol. The maximum atomic E-state index is 13.0. The van der Waals surface area contributed by atoms with Crippen molar-refractivity contribution in [2.75, 3.05) is 18.4 Å². The third-order valence-electron chi connectivity index (χ3n) is 5.67. The van der Waals surface area contributed by atoms with E-state index in [2.05, 4.69) is 15.0 Å². The summed E-state index contributed by atoms with van der Waals surface area (Å²) in [6, 6.07) is 11.6. The molecule has 2 aromatic rings. The van der Waals surface area contributed by atoms with Crippen molar-refractivity contribution in [1.82, 2.24) is 9.03 Å². The molecule has 33 heavy (non-hydrogen) atoms. The van der Waals surface area contributed by atoms with Crippen molar-refractivity contribution in [3.05, 3.63) is 54.1 Å². The van der Waals surface area contributed by atoms with Crippen LogP contribution in [0.2, 0.25) is 0 Å². The van der Waals surface area contributed by atoms with E-state index in [9.17, 15) is 21.6 Å². The monoisotopic (exact) mass is 490 g/mol. The minimum absolute atomic E-state index is 0.103. The minimum atomic E-state index is -3.70. The van der Waals surface area contributed by atoms with Gasteiger partial charge >= 0.3 is 0 Å². The van der Waals surface area contributed by atoms with Crippen LogP contribution in [0.5, 0.6) is 0 Å². The summed E-state index contributed by atoms with van der Waals surface area (Å²) in [5.41, 5.74) is 0.734. The third kappa shape index (κ3) is 4.94. The molecule has 1 amide bonds. The highest BCUT2D eigenvalue weighted by Gasteiger charge is 2.31. The van der Waals surface area contributed by atoms with Crippen LogP contribution in [-0.2, 0) is 24.8 Å². The Morgan fingerprint density at radius 1 is 1.06 bits per heavy atom. The van der Waals surface area contributed by atoms with Crippen molar-refractivity contribution in [2.45, 2.75) is 48.4 Å². The Labute approximate surface area is 194 Å². The Bertz CT molecular complexity index is 1300. The zero-order valence-corrected chi connectivity index (χ0v) is 19.8. The lowest BCUT2D eigenvalue weighted by molar-refractivity contribution is -0.117. The van der Waals surface area contributed by atoms with E-state index < -0.39 is 32.0 Å². The van der Waals surface area contributed by atoms with E-state index in [-0.39, 0.29) is 15.6 Å². The Morgan fingerprint density at radius 3 is 2.48 bits per heavy atom. The largest absolute Gasteiger partial charge is 0.324 e. The van der Waals surface area contributed by atoms with Crippen LogP contribution in [0, 0.1) is 0 Å². The second kappa shape index (κ2) is 9.24. The highest BCUT2D eigenvalue weighted by Crippen LogP contribution is 2.24. The summed E-state index contributed by atoms with van der Waals surface area (Å²) in [7, 11) is -7.36. The number of amides is 1.